The van der Waals surface area contributed by atoms with Gasteiger partial charge in [0.1, 0.15) is 5.82 Å². The average molecular weight is 212 g/mol. The number of thioether (sulfide) groups is 1. The summed E-state index contributed by atoms with van der Waals surface area (Å²) >= 11 is 1.75. The zero-order valence-electron chi connectivity index (χ0n) is 7.93. The summed E-state index contributed by atoms with van der Waals surface area (Å²) in [6, 6.07) is 0. The van der Waals surface area contributed by atoms with Gasteiger partial charge in [-0.25, -0.2) is 14.8 Å². The van der Waals surface area contributed by atoms with Gasteiger partial charge in [0.15, 0.2) is 0 Å². The maximum atomic E-state index is 10.5. The second-order valence-electron chi connectivity index (χ2n) is 2.75. The number of hydrogen-bond acceptors (Lipinski definition) is 4. The monoisotopic (exact) mass is 212 g/mol. The van der Waals surface area contributed by atoms with E-state index in [1.54, 1.807) is 11.8 Å². The Morgan fingerprint density at radius 3 is 2.64 bits per heavy atom. The van der Waals surface area contributed by atoms with Gasteiger partial charge < -0.3 is 5.11 Å². The lowest BCUT2D eigenvalue weighted by Gasteiger charge is -1.98. The van der Waals surface area contributed by atoms with E-state index >= 15 is 0 Å². The molecule has 0 amide bonds. The van der Waals surface area contributed by atoms with Crippen molar-refractivity contribution in [2.45, 2.75) is 19.1 Å². The second-order valence-corrected chi connectivity index (χ2v) is 3.85. The molecule has 76 valence electrons. The number of aromatic carboxylic acids is 1. The van der Waals surface area contributed by atoms with Gasteiger partial charge in [-0.2, -0.15) is 11.8 Å². The smallest absolute Gasteiger partial charge is 0.338 e. The summed E-state index contributed by atoms with van der Waals surface area (Å²) in [4.78, 5) is 18.4. The first kappa shape index (κ1) is 11.0. The van der Waals surface area contributed by atoms with Gasteiger partial charge in [0.05, 0.1) is 11.3 Å². The maximum absolute atomic E-state index is 10.5. The Kier molecular flexibility index (Phi) is 4.39. The highest BCUT2D eigenvalue weighted by molar-refractivity contribution is 7.98. The predicted octanol–water partition coefficient (Wildman–Crippen LogP) is 1.82. The Bertz CT molecular complexity index is 300. The summed E-state index contributed by atoms with van der Waals surface area (Å²) in [5, 5.41) is 8.60. The summed E-state index contributed by atoms with van der Waals surface area (Å²) in [6.45, 7) is 2.11. The Balaban J connectivity index is 2.51. The van der Waals surface area contributed by atoms with Gasteiger partial charge in [0.25, 0.3) is 0 Å². The van der Waals surface area contributed by atoms with Crippen LogP contribution in [0.3, 0.4) is 0 Å². The number of aromatic nitrogens is 2. The molecule has 1 rings (SSSR count). The fraction of sp³-hybridized carbons (Fsp3) is 0.444. The molecule has 0 radical (unpaired) electrons. The molecule has 0 saturated heterocycles. The first-order valence-corrected chi connectivity index (χ1v) is 5.51. The molecule has 1 N–H and O–H groups in total. The lowest BCUT2D eigenvalue weighted by Crippen LogP contribution is -2.01. The van der Waals surface area contributed by atoms with E-state index in [0.717, 1.165) is 17.9 Å². The van der Waals surface area contributed by atoms with E-state index in [1.165, 1.54) is 12.4 Å². The summed E-state index contributed by atoms with van der Waals surface area (Å²) in [6.07, 6.45) is 3.81. The molecule has 0 atom stereocenters. The second kappa shape index (κ2) is 5.59. The Morgan fingerprint density at radius 2 is 2.14 bits per heavy atom. The lowest BCUT2D eigenvalue weighted by atomic mass is 10.3. The van der Waals surface area contributed by atoms with Crippen molar-refractivity contribution in [2.24, 2.45) is 0 Å². The first-order chi connectivity index (χ1) is 6.74. The summed E-state index contributed by atoms with van der Waals surface area (Å²) in [7, 11) is 0. The summed E-state index contributed by atoms with van der Waals surface area (Å²) in [5.41, 5.74) is 0.134. The van der Waals surface area contributed by atoms with Crippen molar-refractivity contribution in [3.8, 4) is 0 Å². The minimum Gasteiger partial charge on any atom is -0.478 e. The van der Waals surface area contributed by atoms with Crippen LogP contribution in [0.1, 0.15) is 29.5 Å². The molecule has 0 fully saturated rings. The molecule has 0 aliphatic rings. The molecule has 4 nitrogen and oxygen atoms in total. The van der Waals surface area contributed by atoms with E-state index in [1.807, 2.05) is 0 Å². The van der Waals surface area contributed by atoms with Crippen molar-refractivity contribution in [1.82, 2.24) is 9.97 Å². The molecule has 1 heterocycles. The number of carbonyl (C=O) groups is 1. The van der Waals surface area contributed by atoms with Crippen molar-refractivity contribution in [1.29, 1.82) is 0 Å². The van der Waals surface area contributed by atoms with Gasteiger partial charge in [-0.1, -0.05) is 6.92 Å². The summed E-state index contributed by atoms with van der Waals surface area (Å²) < 4.78 is 0. The molecule has 0 aliphatic carbocycles. The van der Waals surface area contributed by atoms with Crippen LogP contribution in [-0.2, 0) is 5.75 Å². The van der Waals surface area contributed by atoms with E-state index in [0.29, 0.717) is 5.82 Å². The molecule has 1 aromatic rings. The van der Waals surface area contributed by atoms with Gasteiger partial charge in [-0.15, -0.1) is 0 Å². The highest BCUT2D eigenvalue weighted by Crippen LogP contribution is 2.08. The fourth-order valence-electron chi connectivity index (χ4n) is 0.848. The van der Waals surface area contributed by atoms with Gasteiger partial charge in [-0.05, 0) is 12.2 Å². The van der Waals surface area contributed by atoms with Crippen LogP contribution in [0.15, 0.2) is 12.4 Å². The largest absolute Gasteiger partial charge is 0.478 e. The van der Waals surface area contributed by atoms with E-state index < -0.39 is 5.97 Å². The standard InChI is InChI=1S/C9H12N2O2S/c1-2-3-14-6-8-10-4-7(5-11-8)9(12)13/h4-5H,2-3,6H2,1H3,(H,12,13). The van der Waals surface area contributed by atoms with Crippen LogP contribution in [0.25, 0.3) is 0 Å². The van der Waals surface area contributed by atoms with Crippen molar-refractivity contribution in [2.75, 3.05) is 5.75 Å². The Morgan fingerprint density at radius 1 is 1.50 bits per heavy atom. The van der Waals surface area contributed by atoms with Gasteiger partial charge in [-0.3, -0.25) is 0 Å². The molecule has 0 aliphatic heterocycles. The number of carboxylic acids is 1. The minimum atomic E-state index is -0.988. The van der Waals surface area contributed by atoms with E-state index in [4.69, 9.17) is 5.11 Å². The quantitative estimate of drug-likeness (QED) is 0.754. The van der Waals surface area contributed by atoms with Crippen LogP contribution in [0.5, 0.6) is 0 Å². The molecule has 5 heteroatoms. The molecule has 0 saturated carbocycles. The van der Waals surface area contributed by atoms with Crippen LogP contribution >= 0.6 is 11.8 Å². The molecule has 0 aromatic carbocycles. The summed E-state index contributed by atoms with van der Waals surface area (Å²) in [5.74, 6) is 1.52. The van der Waals surface area contributed by atoms with Crippen molar-refractivity contribution < 1.29 is 9.90 Å². The van der Waals surface area contributed by atoms with Crippen LogP contribution in [0, 0.1) is 0 Å². The van der Waals surface area contributed by atoms with E-state index in [9.17, 15) is 4.79 Å². The van der Waals surface area contributed by atoms with Crippen molar-refractivity contribution >= 4 is 17.7 Å². The molecule has 1 aromatic heterocycles. The predicted molar refractivity (Wildman–Crippen MR) is 55.4 cm³/mol. The van der Waals surface area contributed by atoms with Crippen LogP contribution in [-0.4, -0.2) is 26.8 Å². The number of carboxylic acid groups (broad SMARTS) is 1. The average Bonchev–Trinajstić information content (AvgIpc) is 2.19. The number of rotatable bonds is 5. The third-order valence-electron chi connectivity index (χ3n) is 1.53. The van der Waals surface area contributed by atoms with Gasteiger partial charge >= 0.3 is 5.97 Å². The highest BCUT2D eigenvalue weighted by Gasteiger charge is 2.03. The number of nitrogens with zero attached hydrogens (tertiary/aromatic N) is 2. The van der Waals surface area contributed by atoms with Gasteiger partial charge in [0.2, 0.25) is 0 Å². The third-order valence-corrected chi connectivity index (χ3v) is 2.69. The van der Waals surface area contributed by atoms with Crippen LogP contribution in [0.4, 0.5) is 0 Å². The minimum absolute atomic E-state index is 0.134. The van der Waals surface area contributed by atoms with E-state index in [-0.39, 0.29) is 5.56 Å². The molecular formula is C9H12N2O2S. The van der Waals surface area contributed by atoms with Crippen molar-refractivity contribution in [3.63, 3.8) is 0 Å². The normalized spacial score (nSPS) is 10.1. The Labute approximate surface area is 86.8 Å². The zero-order chi connectivity index (χ0) is 10.4. The molecule has 14 heavy (non-hydrogen) atoms. The fourth-order valence-corrected chi connectivity index (χ4v) is 1.61. The van der Waals surface area contributed by atoms with Gasteiger partial charge in [0, 0.05) is 12.4 Å². The first-order valence-electron chi connectivity index (χ1n) is 4.36. The maximum Gasteiger partial charge on any atom is 0.338 e. The molecule has 0 unspecified atom stereocenters. The highest BCUT2D eigenvalue weighted by atomic mass is 32.2. The van der Waals surface area contributed by atoms with Crippen LogP contribution < -0.4 is 0 Å². The lowest BCUT2D eigenvalue weighted by molar-refractivity contribution is 0.0696. The van der Waals surface area contributed by atoms with Crippen LogP contribution in [0.2, 0.25) is 0 Å². The zero-order valence-corrected chi connectivity index (χ0v) is 8.75. The topological polar surface area (TPSA) is 63.1 Å². The van der Waals surface area contributed by atoms with Crippen molar-refractivity contribution in [3.05, 3.63) is 23.8 Å². The molecule has 0 spiro atoms. The molecule has 0 bridgehead atoms. The van der Waals surface area contributed by atoms with E-state index in [2.05, 4.69) is 16.9 Å². The molecular weight excluding hydrogens is 200 g/mol. The SMILES string of the molecule is CCCSCc1ncc(C(=O)O)cn1. The Hall–Kier alpha value is -1.10. The third kappa shape index (κ3) is 3.33. The number of hydrogen-bond donors (Lipinski definition) is 1.